The summed E-state index contributed by atoms with van der Waals surface area (Å²) in [6, 6.07) is 11.5. The van der Waals surface area contributed by atoms with Gasteiger partial charge in [-0.3, -0.25) is 4.90 Å². The van der Waals surface area contributed by atoms with E-state index in [0.717, 1.165) is 43.8 Å². The molecule has 0 atom stereocenters. The number of hydrogen-bond acceptors (Lipinski definition) is 7. The Hall–Kier alpha value is -2.62. The first-order chi connectivity index (χ1) is 14.8. The number of primary sulfonamides is 1. The molecule has 2 aromatic carbocycles. The maximum atomic E-state index is 11.5. The van der Waals surface area contributed by atoms with Crippen molar-refractivity contribution in [3.05, 3.63) is 47.5 Å². The highest BCUT2D eigenvalue weighted by atomic mass is 32.2. The molecule has 166 valence electrons. The lowest BCUT2D eigenvalue weighted by Crippen LogP contribution is -2.38. The van der Waals surface area contributed by atoms with Crippen LogP contribution in [0, 0.1) is 6.92 Å². The van der Waals surface area contributed by atoms with Crippen molar-refractivity contribution in [2.75, 3.05) is 25.0 Å². The first-order valence-electron chi connectivity index (χ1n) is 10.5. The van der Waals surface area contributed by atoms with Gasteiger partial charge in [-0.05, 0) is 62.1 Å². The minimum atomic E-state index is -3.77. The second-order valence-electron chi connectivity index (χ2n) is 7.92. The summed E-state index contributed by atoms with van der Waals surface area (Å²) in [6.07, 6.45) is 1.93. The largest absolute Gasteiger partial charge is 0.494 e. The fourth-order valence-corrected chi connectivity index (χ4v) is 4.40. The zero-order valence-electron chi connectivity index (χ0n) is 17.8. The van der Waals surface area contributed by atoms with Crippen LogP contribution in [0.5, 0.6) is 5.75 Å². The minimum absolute atomic E-state index is 0.0248. The van der Waals surface area contributed by atoms with Crippen LogP contribution in [-0.2, 0) is 16.6 Å². The van der Waals surface area contributed by atoms with Crippen molar-refractivity contribution in [2.45, 2.75) is 44.2 Å². The molecule has 1 aliphatic rings. The summed E-state index contributed by atoms with van der Waals surface area (Å²) in [5.41, 5.74) is 3.40. The number of anilines is 1. The lowest BCUT2D eigenvalue weighted by Gasteiger charge is -2.32. The quantitative estimate of drug-likeness (QED) is 0.575. The van der Waals surface area contributed by atoms with Gasteiger partial charge in [-0.25, -0.2) is 13.6 Å². The van der Waals surface area contributed by atoms with Crippen LogP contribution < -0.4 is 15.2 Å². The van der Waals surface area contributed by atoms with E-state index in [-0.39, 0.29) is 10.9 Å². The maximum absolute atomic E-state index is 11.5. The average molecular weight is 445 g/mol. The third-order valence-corrected chi connectivity index (χ3v) is 6.47. The number of fused-ring (bicyclic) bond motifs is 1. The van der Waals surface area contributed by atoms with Crippen LogP contribution in [0.25, 0.3) is 11.1 Å². The van der Waals surface area contributed by atoms with Crippen molar-refractivity contribution in [2.24, 2.45) is 5.14 Å². The summed E-state index contributed by atoms with van der Waals surface area (Å²) in [7, 11) is -3.77. The maximum Gasteiger partial charge on any atom is 0.295 e. The standard InChI is InChI=1S/C22H28N4O4S/c1-3-29-21-12-16(5-4-15(21)2)14-26-10-8-17(9-11-26)24-22-25-19-13-18(31(23,27)28)6-7-20(19)30-22/h4-7,12-13,17H,3,8-11,14H2,1-2H3,(H,24,25)(H2,23,27,28). The van der Waals surface area contributed by atoms with Gasteiger partial charge in [-0.15, -0.1) is 0 Å². The average Bonchev–Trinajstić information content (AvgIpc) is 3.13. The highest BCUT2D eigenvalue weighted by Crippen LogP contribution is 2.25. The SMILES string of the molecule is CCOc1cc(CN2CCC(Nc3nc4cc(S(N)(=O)=O)ccc4o3)CC2)ccc1C. The van der Waals surface area contributed by atoms with E-state index in [1.165, 1.54) is 17.7 Å². The fraction of sp³-hybridized carbons (Fsp3) is 0.409. The van der Waals surface area contributed by atoms with E-state index in [1.807, 2.05) is 6.92 Å². The van der Waals surface area contributed by atoms with Crippen LogP contribution in [0.3, 0.4) is 0 Å². The number of nitrogens with one attached hydrogen (secondary N) is 1. The number of oxazole rings is 1. The molecule has 3 aromatic rings. The van der Waals surface area contributed by atoms with E-state index in [2.05, 4.69) is 40.3 Å². The number of likely N-dealkylation sites (tertiary alicyclic amines) is 1. The van der Waals surface area contributed by atoms with Gasteiger partial charge >= 0.3 is 0 Å². The second kappa shape index (κ2) is 8.86. The third-order valence-electron chi connectivity index (χ3n) is 5.56. The molecule has 31 heavy (non-hydrogen) atoms. The predicted octanol–water partition coefficient (Wildman–Crippen LogP) is 3.26. The van der Waals surface area contributed by atoms with Crippen LogP contribution in [0.4, 0.5) is 6.01 Å². The molecule has 1 fully saturated rings. The molecule has 1 aliphatic heterocycles. The summed E-state index contributed by atoms with van der Waals surface area (Å²) >= 11 is 0. The van der Waals surface area contributed by atoms with Gasteiger partial charge in [0.25, 0.3) is 6.01 Å². The van der Waals surface area contributed by atoms with Crippen molar-refractivity contribution in [1.82, 2.24) is 9.88 Å². The lowest BCUT2D eigenvalue weighted by atomic mass is 10.0. The Morgan fingerprint density at radius 2 is 2.00 bits per heavy atom. The Kier molecular flexibility index (Phi) is 6.17. The number of ether oxygens (including phenoxy) is 1. The van der Waals surface area contributed by atoms with Crippen LogP contribution in [-0.4, -0.2) is 44.0 Å². The molecule has 1 saturated heterocycles. The summed E-state index contributed by atoms with van der Waals surface area (Å²) in [5, 5.41) is 8.53. The van der Waals surface area contributed by atoms with Crippen molar-refractivity contribution in [1.29, 1.82) is 0 Å². The van der Waals surface area contributed by atoms with E-state index in [0.29, 0.717) is 23.7 Å². The number of sulfonamides is 1. The lowest BCUT2D eigenvalue weighted by molar-refractivity contribution is 0.210. The van der Waals surface area contributed by atoms with E-state index in [9.17, 15) is 8.42 Å². The molecule has 3 N–H and O–H groups in total. The van der Waals surface area contributed by atoms with Crippen molar-refractivity contribution in [3.8, 4) is 5.75 Å². The molecule has 0 radical (unpaired) electrons. The molecule has 0 amide bonds. The molecular weight excluding hydrogens is 416 g/mol. The highest BCUT2D eigenvalue weighted by molar-refractivity contribution is 7.89. The number of aromatic nitrogens is 1. The summed E-state index contributed by atoms with van der Waals surface area (Å²) in [5.74, 6) is 0.957. The topological polar surface area (TPSA) is 111 Å². The number of benzene rings is 2. The number of aryl methyl sites for hydroxylation is 1. The highest BCUT2D eigenvalue weighted by Gasteiger charge is 2.21. The first kappa shape index (κ1) is 21.6. The zero-order chi connectivity index (χ0) is 22.0. The van der Waals surface area contributed by atoms with Crippen LogP contribution in [0.2, 0.25) is 0 Å². The minimum Gasteiger partial charge on any atom is -0.494 e. The van der Waals surface area contributed by atoms with Gasteiger partial charge in [-0.2, -0.15) is 4.98 Å². The van der Waals surface area contributed by atoms with Gasteiger partial charge in [0.1, 0.15) is 11.3 Å². The Bertz CT molecular complexity index is 1170. The van der Waals surface area contributed by atoms with Crippen LogP contribution in [0.15, 0.2) is 45.7 Å². The third kappa shape index (κ3) is 5.17. The number of hydrogen-bond donors (Lipinski definition) is 2. The Morgan fingerprint density at radius 3 is 2.71 bits per heavy atom. The molecule has 0 unspecified atom stereocenters. The Morgan fingerprint density at radius 1 is 1.23 bits per heavy atom. The van der Waals surface area contributed by atoms with Crippen molar-refractivity contribution in [3.63, 3.8) is 0 Å². The molecule has 8 nitrogen and oxygen atoms in total. The van der Waals surface area contributed by atoms with E-state index in [4.69, 9.17) is 14.3 Å². The molecule has 2 heterocycles. The second-order valence-corrected chi connectivity index (χ2v) is 9.48. The number of rotatable bonds is 7. The van der Waals surface area contributed by atoms with Gasteiger partial charge in [0.15, 0.2) is 5.58 Å². The molecular formula is C22H28N4O4S. The Balaban J connectivity index is 1.34. The van der Waals surface area contributed by atoms with E-state index in [1.54, 1.807) is 6.07 Å². The van der Waals surface area contributed by atoms with Crippen molar-refractivity contribution < 1.29 is 17.6 Å². The van der Waals surface area contributed by atoms with Gasteiger partial charge in [0.05, 0.1) is 11.5 Å². The number of piperidine rings is 1. The fourth-order valence-electron chi connectivity index (χ4n) is 3.87. The van der Waals surface area contributed by atoms with Crippen molar-refractivity contribution >= 4 is 27.1 Å². The summed E-state index contributed by atoms with van der Waals surface area (Å²) < 4.78 is 34.5. The van der Waals surface area contributed by atoms with Gasteiger partial charge in [0, 0.05) is 25.7 Å². The van der Waals surface area contributed by atoms with Gasteiger partial charge in [0.2, 0.25) is 10.0 Å². The molecule has 0 saturated carbocycles. The molecule has 0 bridgehead atoms. The smallest absolute Gasteiger partial charge is 0.295 e. The molecule has 0 spiro atoms. The molecule has 4 rings (SSSR count). The molecule has 9 heteroatoms. The van der Waals surface area contributed by atoms with Gasteiger partial charge < -0.3 is 14.5 Å². The first-order valence-corrected chi connectivity index (χ1v) is 12.0. The predicted molar refractivity (Wildman–Crippen MR) is 120 cm³/mol. The molecule has 0 aliphatic carbocycles. The summed E-state index contributed by atoms with van der Waals surface area (Å²) in [6.45, 7) is 7.55. The number of nitrogens with zero attached hydrogens (tertiary/aromatic N) is 2. The normalized spacial score (nSPS) is 16.0. The van der Waals surface area contributed by atoms with E-state index >= 15 is 0 Å². The zero-order valence-corrected chi connectivity index (χ0v) is 18.6. The Labute approximate surface area is 182 Å². The monoisotopic (exact) mass is 444 g/mol. The van der Waals surface area contributed by atoms with Crippen LogP contribution >= 0.6 is 0 Å². The number of nitrogens with two attached hydrogens (primary N) is 1. The van der Waals surface area contributed by atoms with Crippen LogP contribution in [0.1, 0.15) is 30.9 Å². The van der Waals surface area contributed by atoms with Gasteiger partial charge in [-0.1, -0.05) is 12.1 Å². The van der Waals surface area contributed by atoms with E-state index < -0.39 is 10.0 Å². The summed E-state index contributed by atoms with van der Waals surface area (Å²) in [4.78, 5) is 6.84. The molecule has 1 aromatic heterocycles.